The standard InChI is InChI=1S/C23H27N5O5/c1-2-33-20(30)18-10-14-28(26-18)17-8-5-7-16(15-17)24-19(29)9-6-13-27-21(31)23(25-22(27)32)11-3-4-12-23/h5,7-8,10,14-15H,2-4,6,9,11-13H2,1H3,(H,24,29)(H,25,32). The van der Waals surface area contributed by atoms with Crippen LogP contribution < -0.4 is 10.6 Å². The highest BCUT2D eigenvalue weighted by Crippen LogP contribution is 2.35. The molecule has 0 atom stereocenters. The third-order valence-electron chi connectivity index (χ3n) is 5.96. The minimum Gasteiger partial charge on any atom is -0.461 e. The van der Waals surface area contributed by atoms with Crippen molar-refractivity contribution in [2.24, 2.45) is 0 Å². The van der Waals surface area contributed by atoms with Gasteiger partial charge in [0.15, 0.2) is 5.69 Å². The summed E-state index contributed by atoms with van der Waals surface area (Å²) < 4.78 is 6.47. The Morgan fingerprint density at radius 1 is 1.21 bits per heavy atom. The van der Waals surface area contributed by atoms with Crippen molar-refractivity contribution >= 4 is 29.5 Å². The van der Waals surface area contributed by atoms with Crippen molar-refractivity contribution in [2.45, 2.75) is 51.0 Å². The Hall–Kier alpha value is -3.69. The molecule has 174 valence electrons. The Morgan fingerprint density at radius 3 is 2.76 bits per heavy atom. The molecule has 4 amide bonds. The van der Waals surface area contributed by atoms with Crippen LogP contribution in [0, 0.1) is 0 Å². The molecular weight excluding hydrogens is 426 g/mol. The van der Waals surface area contributed by atoms with Crippen molar-refractivity contribution in [3.63, 3.8) is 0 Å². The lowest BCUT2D eigenvalue weighted by Gasteiger charge is -2.19. The van der Waals surface area contributed by atoms with Gasteiger partial charge in [-0.15, -0.1) is 0 Å². The molecular formula is C23H27N5O5. The van der Waals surface area contributed by atoms with Crippen LogP contribution in [0.15, 0.2) is 36.5 Å². The molecule has 1 aliphatic heterocycles. The molecule has 0 bridgehead atoms. The molecule has 10 nitrogen and oxygen atoms in total. The van der Waals surface area contributed by atoms with E-state index in [0.29, 0.717) is 30.6 Å². The van der Waals surface area contributed by atoms with E-state index in [4.69, 9.17) is 4.74 Å². The highest BCUT2D eigenvalue weighted by Gasteiger charge is 2.52. The number of esters is 1. The fraction of sp³-hybridized carbons (Fsp3) is 0.435. The minimum absolute atomic E-state index is 0.167. The molecule has 0 unspecified atom stereocenters. The number of hydrogen-bond acceptors (Lipinski definition) is 6. The number of rotatable bonds is 8. The topological polar surface area (TPSA) is 123 Å². The van der Waals surface area contributed by atoms with Crippen LogP contribution in [0.2, 0.25) is 0 Å². The zero-order valence-electron chi connectivity index (χ0n) is 18.5. The minimum atomic E-state index is -0.723. The fourth-order valence-electron chi connectivity index (χ4n) is 4.33. The number of anilines is 1. The summed E-state index contributed by atoms with van der Waals surface area (Å²) in [5, 5.41) is 9.88. The second-order valence-electron chi connectivity index (χ2n) is 8.24. The summed E-state index contributed by atoms with van der Waals surface area (Å²) in [4.78, 5) is 50.3. The third kappa shape index (κ3) is 4.74. The lowest BCUT2D eigenvalue weighted by atomic mass is 9.98. The summed E-state index contributed by atoms with van der Waals surface area (Å²) >= 11 is 0. The lowest BCUT2D eigenvalue weighted by molar-refractivity contribution is -0.131. The predicted octanol–water partition coefficient (Wildman–Crippen LogP) is 2.63. The SMILES string of the molecule is CCOC(=O)c1ccn(-c2cccc(NC(=O)CCCN3C(=O)NC4(CCCC4)C3=O)c2)n1. The van der Waals surface area contributed by atoms with E-state index in [9.17, 15) is 19.2 Å². The van der Waals surface area contributed by atoms with Crippen LogP contribution in [0.1, 0.15) is 55.9 Å². The van der Waals surface area contributed by atoms with E-state index in [1.165, 1.54) is 9.58 Å². The zero-order chi connectivity index (χ0) is 23.4. The Balaban J connectivity index is 1.30. The molecule has 2 fully saturated rings. The van der Waals surface area contributed by atoms with Gasteiger partial charge in [-0.2, -0.15) is 5.10 Å². The quantitative estimate of drug-likeness (QED) is 0.468. The number of carbonyl (C=O) groups is 4. The van der Waals surface area contributed by atoms with Gasteiger partial charge >= 0.3 is 12.0 Å². The maximum atomic E-state index is 12.7. The van der Waals surface area contributed by atoms with Crippen LogP contribution in [0.4, 0.5) is 10.5 Å². The Bertz CT molecular complexity index is 1070. The van der Waals surface area contributed by atoms with Crippen LogP contribution in [0.3, 0.4) is 0 Å². The molecule has 4 rings (SSSR count). The number of amides is 4. The van der Waals surface area contributed by atoms with Crippen LogP contribution >= 0.6 is 0 Å². The highest BCUT2D eigenvalue weighted by molar-refractivity contribution is 6.07. The molecule has 33 heavy (non-hydrogen) atoms. The number of ether oxygens (including phenoxy) is 1. The maximum absolute atomic E-state index is 12.7. The molecule has 1 spiro atoms. The largest absolute Gasteiger partial charge is 0.461 e. The molecule has 1 saturated carbocycles. The van der Waals surface area contributed by atoms with Crippen molar-refractivity contribution in [1.82, 2.24) is 20.0 Å². The van der Waals surface area contributed by atoms with Crippen molar-refractivity contribution in [3.05, 3.63) is 42.2 Å². The van der Waals surface area contributed by atoms with Crippen molar-refractivity contribution in [2.75, 3.05) is 18.5 Å². The van der Waals surface area contributed by atoms with E-state index in [1.54, 1.807) is 43.5 Å². The number of hydrogen-bond donors (Lipinski definition) is 2. The Morgan fingerprint density at radius 2 is 2.00 bits per heavy atom. The molecule has 0 radical (unpaired) electrons. The summed E-state index contributed by atoms with van der Waals surface area (Å²) in [5.74, 6) is -0.883. The van der Waals surface area contributed by atoms with Gasteiger partial charge in [0.2, 0.25) is 5.91 Å². The number of aromatic nitrogens is 2. The molecule has 1 aromatic heterocycles. The molecule has 1 aliphatic carbocycles. The summed E-state index contributed by atoms with van der Waals surface area (Å²) in [5.41, 5.74) is 0.723. The van der Waals surface area contributed by atoms with Gasteiger partial charge in [-0.25, -0.2) is 14.3 Å². The first-order chi connectivity index (χ1) is 15.9. The summed E-state index contributed by atoms with van der Waals surface area (Å²) in [6, 6.07) is 8.25. The summed E-state index contributed by atoms with van der Waals surface area (Å²) in [6.07, 6.45) is 5.42. The Kier molecular flexibility index (Phi) is 6.43. The highest BCUT2D eigenvalue weighted by atomic mass is 16.5. The molecule has 2 N–H and O–H groups in total. The van der Waals surface area contributed by atoms with E-state index in [0.717, 1.165) is 12.8 Å². The van der Waals surface area contributed by atoms with Gasteiger partial charge in [0.1, 0.15) is 5.54 Å². The maximum Gasteiger partial charge on any atom is 0.358 e. The summed E-state index contributed by atoms with van der Waals surface area (Å²) in [6.45, 7) is 2.21. The first-order valence-electron chi connectivity index (χ1n) is 11.2. The second kappa shape index (κ2) is 9.43. The van der Waals surface area contributed by atoms with E-state index in [-0.39, 0.29) is 43.1 Å². The van der Waals surface area contributed by atoms with Gasteiger partial charge < -0.3 is 15.4 Å². The van der Waals surface area contributed by atoms with Crippen molar-refractivity contribution < 1.29 is 23.9 Å². The van der Waals surface area contributed by atoms with Gasteiger partial charge in [-0.3, -0.25) is 14.5 Å². The first kappa shape index (κ1) is 22.5. The van der Waals surface area contributed by atoms with E-state index in [1.807, 2.05) is 0 Å². The van der Waals surface area contributed by atoms with E-state index < -0.39 is 11.5 Å². The molecule has 2 aromatic rings. The number of nitrogens with one attached hydrogen (secondary N) is 2. The van der Waals surface area contributed by atoms with Crippen LogP contribution in [0.25, 0.3) is 5.69 Å². The average Bonchev–Trinajstić information content (AvgIpc) is 3.51. The molecule has 1 saturated heterocycles. The van der Waals surface area contributed by atoms with Gasteiger partial charge in [-0.05, 0) is 50.5 Å². The number of imide groups is 1. The molecule has 10 heteroatoms. The van der Waals surface area contributed by atoms with Crippen LogP contribution in [-0.2, 0) is 14.3 Å². The normalized spacial score (nSPS) is 16.8. The second-order valence-corrected chi connectivity index (χ2v) is 8.24. The third-order valence-corrected chi connectivity index (χ3v) is 5.96. The van der Waals surface area contributed by atoms with Gasteiger partial charge in [0, 0.05) is 24.8 Å². The van der Waals surface area contributed by atoms with Crippen LogP contribution in [0.5, 0.6) is 0 Å². The number of urea groups is 1. The van der Waals surface area contributed by atoms with E-state index >= 15 is 0 Å². The molecule has 2 aliphatic rings. The van der Waals surface area contributed by atoms with Gasteiger partial charge in [-0.1, -0.05) is 18.9 Å². The average molecular weight is 453 g/mol. The number of carbonyl (C=O) groups excluding carboxylic acids is 4. The Labute approximate surface area is 191 Å². The fourth-order valence-corrected chi connectivity index (χ4v) is 4.33. The van der Waals surface area contributed by atoms with Crippen LogP contribution in [-0.4, -0.2) is 57.2 Å². The smallest absolute Gasteiger partial charge is 0.358 e. The van der Waals surface area contributed by atoms with Crippen molar-refractivity contribution in [3.8, 4) is 5.69 Å². The molecule has 2 heterocycles. The predicted molar refractivity (Wildman–Crippen MR) is 119 cm³/mol. The van der Waals surface area contributed by atoms with E-state index in [2.05, 4.69) is 15.7 Å². The van der Waals surface area contributed by atoms with Gasteiger partial charge in [0.05, 0.1) is 12.3 Å². The summed E-state index contributed by atoms with van der Waals surface area (Å²) in [7, 11) is 0. The van der Waals surface area contributed by atoms with Crippen molar-refractivity contribution in [1.29, 1.82) is 0 Å². The number of nitrogens with zero attached hydrogens (tertiary/aromatic N) is 3. The zero-order valence-corrected chi connectivity index (χ0v) is 18.5. The lowest BCUT2D eigenvalue weighted by Crippen LogP contribution is -2.44. The first-order valence-corrected chi connectivity index (χ1v) is 11.2. The number of benzene rings is 1. The molecule has 1 aromatic carbocycles. The monoisotopic (exact) mass is 453 g/mol. The van der Waals surface area contributed by atoms with Gasteiger partial charge in [0.25, 0.3) is 5.91 Å².